The second-order valence-electron chi connectivity index (χ2n) is 8.22. The Hall–Kier alpha value is -2.63. The van der Waals surface area contributed by atoms with Gasteiger partial charge in [-0.05, 0) is 50.3 Å². The Balaban J connectivity index is 1.71. The number of hydrogen-bond donors (Lipinski definition) is 1. The number of nitrogens with one attached hydrogen (secondary N) is 1. The summed E-state index contributed by atoms with van der Waals surface area (Å²) in [6, 6.07) is 11.3. The molecule has 1 N–H and O–H groups in total. The second-order valence-corrected chi connectivity index (χ2v) is 10.1. The van der Waals surface area contributed by atoms with Crippen molar-refractivity contribution >= 4 is 21.6 Å². The van der Waals surface area contributed by atoms with Gasteiger partial charge in [0.15, 0.2) is 0 Å². The summed E-state index contributed by atoms with van der Waals surface area (Å²) in [5, 5.41) is 2.70. The molecule has 0 atom stereocenters. The lowest BCUT2D eigenvalue weighted by Crippen LogP contribution is -2.45. The number of anilines is 1. The predicted octanol–water partition coefficient (Wildman–Crippen LogP) is 2.65. The van der Waals surface area contributed by atoms with E-state index in [4.69, 9.17) is 0 Å². The van der Waals surface area contributed by atoms with Crippen LogP contribution >= 0.6 is 0 Å². The lowest BCUT2D eigenvalue weighted by molar-refractivity contribution is -0.137. The van der Waals surface area contributed by atoms with Crippen molar-refractivity contribution < 1.29 is 26.4 Å². The lowest BCUT2D eigenvalue weighted by atomic mass is 10.2. The first-order chi connectivity index (χ1) is 16.1. The van der Waals surface area contributed by atoms with Crippen LogP contribution in [0.5, 0.6) is 0 Å². The second kappa shape index (κ2) is 11.2. The molecule has 34 heavy (non-hydrogen) atoms. The van der Waals surface area contributed by atoms with Crippen molar-refractivity contribution in [1.29, 1.82) is 0 Å². The molecule has 0 aromatic heterocycles. The maximum Gasteiger partial charge on any atom is 0.416 e. The molecule has 1 fully saturated rings. The Kier molecular flexibility index (Phi) is 8.56. The molecule has 2 aromatic rings. The van der Waals surface area contributed by atoms with E-state index in [1.165, 1.54) is 30.3 Å². The van der Waals surface area contributed by atoms with Crippen LogP contribution in [0.2, 0.25) is 0 Å². The van der Waals surface area contributed by atoms with Crippen LogP contribution in [0.4, 0.5) is 18.9 Å². The van der Waals surface area contributed by atoms with Crippen LogP contribution in [-0.2, 0) is 21.0 Å². The number of carbonyl (C=O) groups is 1. The Morgan fingerprint density at radius 1 is 1.03 bits per heavy atom. The SMILES string of the molecule is CN1CCN(CCCNC(=O)CN(c2cccc(C(F)(F)F)c2)S(=O)(=O)c2ccccc2)CC1. The molecule has 7 nitrogen and oxygen atoms in total. The first-order valence-electron chi connectivity index (χ1n) is 11.0. The van der Waals surface area contributed by atoms with E-state index in [9.17, 15) is 26.4 Å². The molecule has 3 rings (SSSR count). The third kappa shape index (κ3) is 6.94. The number of piperazine rings is 1. The highest BCUT2D eigenvalue weighted by Crippen LogP contribution is 2.33. The zero-order valence-electron chi connectivity index (χ0n) is 19.0. The number of likely N-dealkylation sites (N-methyl/N-ethyl adjacent to an activating group) is 1. The summed E-state index contributed by atoms with van der Waals surface area (Å²) in [6.45, 7) is 4.37. The third-order valence-electron chi connectivity index (χ3n) is 5.65. The van der Waals surface area contributed by atoms with Gasteiger partial charge in [0.05, 0.1) is 16.1 Å². The normalized spacial score (nSPS) is 15.8. The van der Waals surface area contributed by atoms with Gasteiger partial charge in [0.25, 0.3) is 10.0 Å². The molecule has 0 unspecified atom stereocenters. The Bertz CT molecular complexity index is 1060. The molecule has 2 aromatic carbocycles. The zero-order valence-corrected chi connectivity index (χ0v) is 19.8. The average Bonchev–Trinajstić information content (AvgIpc) is 2.81. The molecule has 1 amide bonds. The van der Waals surface area contributed by atoms with Crippen molar-refractivity contribution in [2.24, 2.45) is 0 Å². The Morgan fingerprint density at radius 2 is 1.71 bits per heavy atom. The van der Waals surface area contributed by atoms with E-state index >= 15 is 0 Å². The quantitative estimate of drug-likeness (QED) is 0.539. The van der Waals surface area contributed by atoms with E-state index in [1.54, 1.807) is 6.07 Å². The van der Waals surface area contributed by atoms with Gasteiger partial charge in [-0.3, -0.25) is 9.10 Å². The smallest absolute Gasteiger partial charge is 0.354 e. The van der Waals surface area contributed by atoms with Gasteiger partial charge < -0.3 is 15.1 Å². The van der Waals surface area contributed by atoms with Crippen LogP contribution in [0.3, 0.4) is 0 Å². The highest BCUT2D eigenvalue weighted by Gasteiger charge is 2.33. The summed E-state index contributed by atoms with van der Waals surface area (Å²) in [5.41, 5.74) is -1.22. The number of benzene rings is 2. The number of carbonyl (C=O) groups excluding carboxylic acids is 1. The molecule has 186 valence electrons. The first kappa shape index (κ1) is 26.0. The van der Waals surface area contributed by atoms with Gasteiger partial charge in [0.2, 0.25) is 5.91 Å². The van der Waals surface area contributed by atoms with Crippen molar-refractivity contribution in [3.63, 3.8) is 0 Å². The largest absolute Gasteiger partial charge is 0.416 e. The summed E-state index contributed by atoms with van der Waals surface area (Å²) in [7, 11) is -2.21. The van der Waals surface area contributed by atoms with Gasteiger partial charge in [-0.1, -0.05) is 24.3 Å². The summed E-state index contributed by atoms with van der Waals surface area (Å²) in [4.78, 5) is 17.0. The number of nitrogens with zero attached hydrogens (tertiary/aromatic N) is 3. The zero-order chi connectivity index (χ0) is 24.8. The lowest BCUT2D eigenvalue weighted by Gasteiger charge is -2.32. The van der Waals surface area contributed by atoms with Crippen LogP contribution in [0.1, 0.15) is 12.0 Å². The van der Waals surface area contributed by atoms with Crippen molar-refractivity contribution in [1.82, 2.24) is 15.1 Å². The highest BCUT2D eigenvalue weighted by atomic mass is 32.2. The van der Waals surface area contributed by atoms with Gasteiger partial charge in [-0.25, -0.2) is 8.42 Å². The minimum Gasteiger partial charge on any atom is -0.354 e. The highest BCUT2D eigenvalue weighted by molar-refractivity contribution is 7.92. The summed E-state index contributed by atoms with van der Waals surface area (Å²) >= 11 is 0. The van der Waals surface area contributed by atoms with Crippen LogP contribution in [-0.4, -0.2) is 77.0 Å². The number of halogens is 3. The minimum absolute atomic E-state index is 0.115. The topological polar surface area (TPSA) is 73.0 Å². The van der Waals surface area contributed by atoms with Crippen molar-refractivity contribution in [3.8, 4) is 0 Å². The maximum absolute atomic E-state index is 13.2. The molecule has 1 heterocycles. The van der Waals surface area contributed by atoms with Crippen LogP contribution in [0.15, 0.2) is 59.5 Å². The monoisotopic (exact) mass is 498 g/mol. The summed E-state index contributed by atoms with van der Waals surface area (Å²) in [6.07, 6.45) is -3.96. The molecular weight excluding hydrogens is 469 g/mol. The standard InChI is InChI=1S/C23H29F3N4O3S/c1-28-13-15-29(16-14-28)12-6-11-27-22(31)18-30(34(32,33)21-9-3-2-4-10-21)20-8-5-7-19(17-20)23(24,25)26/h2-5,7-10,17H,6,11-16,18H2,1H3,(H,27,31). The fraction of sp³-hybridized carbons (Fsp3) is 0.435. The van der Waals surface area contributed by atoms with E-state index in [-0.39, 0.29) is 10.6 Å². The average molecular weight is 499 g/mol. The minimum atomic E-state index is -4.65. The van der Waals surface area contributed by atoms with Crippen LogP contribution in [0.25, 0.3) is 0 Å². The maximum atomic E-state index is 13.2. The molecule has 1 saturated heterocycles. The first-order valence-corrected chi connectivity index (χ1v) is 12.4. The van der Waals surface area contributed by atoms with Crippen LogP contribution < -0.4 is 9.62 Å². The molecule has 1 aliphatic heterocycles. The molecular formula is C23H29F3N4O3S. The predicted molar refractivity (Wildman–Crippen MR) is 124 cm³/mol. The fourth-order valence-electron chi connectivity index (χ4n) is 3.66. The van der Waals surface area contributed by atoms with Gasteiger partial charge in [0, 0.05) is 32.7 Å². The molecule has 0 aliphatic carbocycles. The molecule has 0 saturated carbocycles. The van der Waals surface area contributed by atoms with Crippen LogP contribution in [0, 0.1) is 0 Å². The Labute approximate surface area is 198 Å². The molecule has 0 spiro atoms. The third-order valence-corrected chi connectivity index (χ3v) is 7.44. The molecule has 11 heteroatoms. The van der Waals surface area contributed by atoms with Crippen molar-refractivity contribution in [3.05, 3.63) is 60.2 Å². The van der Waals surface area contributed by atoms with E-state index < -0.39 is 34.2 Å². The Morgan fingerprint density at radius 3 is 2.35 bits per heavy atom. The van der Waals surface area contributed by atoms with E-state index in [1.807, 2.05) is 0 Å². The van der Waals surface area contributed by atoms with E-state index in [0.29, 0.717) is 17.3 Å². The van der Waals surface area contributed by atoms with E-state index in [0.717, 1.165) is 50.9 Å². The number of hydrogen-bond acceptors (Lipinski definition) is 5. The number of amides is 1. The van der Waals surface area contributed by atoms with Gasteiger partial charge in [0.1, 0.15) is 6.54 Å². The number of alkyl halides is 3. The van der Waals surface area contributed by atoms with Crippen molar-refractivity contribution in [2.45, 2.75) is 17.5 Å². The molecule has 1 aliphatic rings. The van der Waals surface area contributed by atoms with Crippen molar-refractivity contribution in [2.75, 3.05) is 57.2 Å². The summed E-state index contributed by atoms with van der Waals surface area (Å²) < 4.78 is 66.9. The number of rotatable bonds is 9. The fourth-order valence-corrected chi connectivity index (χ4v) is 5.09. The van der Waals surface area contributed by atoms with E-state index in [2.05, 4.69) is 22.2 Å². The van der Waals surface area contributed by atoms with Gasteiger partial charge in [-0.15, -0.1) is 0 Å². The summed E-state index contributed by atoms with van der Waals surface area (Å²) in [5.74, 6) is -0.588. The van der Waals surface area contributed by atoms with Gasteiger partial charge >= 0.3 is 6.18 Å². The molecule has 0 bridgehead atoms. The number of sulfonamides is 1. The molecule has 0 radical (unpaired) electrons. The van der Waals surface area contributed by atoms with Gasteiger partial charge in [-0.2, -0.15) is 13.2 Å².